The van der Waals surface area contributed by atoms with Gasteiger partial charge < -0.3 is 14.7 Å². The SMILES string of the molecule is C=CC.O=C(O)C(C1CC1)N1C(=O)COC(c2cccc(Cl)c2)C1c1ccc(Cl)cc1. The predicted octanol–water partition coefficient (Wildman–Crippen LogP) is 5.69. The number of carboxylic acids is 1. The van der Waals surface area contributed by atoms with Crippen LogP contribution in [0.5, 0.6) is 0 Å². The fourth-order valence-corrected chi connectivity index (χ4v) is 4.20. The molecule has 0 bridgehead atoms. The predicted molar refractivity (Wildman–Crippen MR) is 121 cm³/mol. The van der Waals surface area contributed by atoms with Crippen molar-refractivity contribution in [2.24, 2.45) is 5.92 Å². The maximum absolute atomic E-state index is 12.9. The van der Waals surface area contributed by atoms with E-state index >= 15 is 0 Å². The number of carbonyl (C=O) groups is 2. The lowest BCUT2D eigenvalue weighted by Gasteiger charge is -2.44. The molecule has 1 saturated heterocycles. The number of rotatable bonds is 5. The molecule has 0 radical (unpaired) electrons. The van der Waals surface area contributed by atoms with Crippen LogP contribution in [-0.4, -0.2) is 34.5 Å². The molecule has 0 spiro atoms. The number of ether oxygens (including phenoxy) is 1. The van der Waals surface area contributed by atoms with Crippen molar-refractivity contribution in [2.75, 3.05) is 6.61 Å². The molecule has 3 atom stereocenters. The zero-order valence-electron chi connectivity index (χ0n) is 17.2. The number of allylic oxidation sites excluding steroid dienone is 1. The summed E-state index contributed by atoms with van der Waals surface area (Å²) in [5, 5.41) is 11.0. The first-order valence-electron chi connectivity index (χ1n) is 10.1. The Morgan fingerprint density at radius 3 is 2.35 bits per heavy atom. The second-order valence-electron chi connectivity index (χ2n) is 7.61. The van der Waals surface area contributed by atoms with Gasteiger partial charge >= 0.3 is 5.97 Å². The van der Waals surface area contributed by atoms with Crippen molar-refractivity contribution >= 4 is 35.1 Å². The molecule has 2 fully saturated rings. The second-order valence-corrected chi connectivity index (χ2v) is 8.49. The molecule has 2 aromatic carbocycles. The van der Waals surface area contributed by atoms with E-state index < -0.39 is 24.2 Å². The van der Waals surface area contributed by atoms with Crippen LogP contribution in [0.4, 0.5) is 0 Å². The highest BCUT2D eigenvalue weighted by atomic mass is 35.5. The van der Waals surface area contributed by atoms with Crippen molar-refractivity contribution in [1.82, 2.24) is 4.90 Å². The van der Waals surface area contributed by atoms with E-state index in [9.17, 15) is 14.7 Å². The van der Waals surface area contributed by atoms with Gasteiger partial charge in [0, 0.05) is 10.0 Å². The van der Waals surface area contributed by atoms with Gasteiger partial charge in [-0.3, -0.25) is 4.79 Å². The van der Waals surface area contributed by atoms with Crippen LogP contribution < -0.4 is 0 Å². The molecule has 1 amide bonds. The molecule has 1 N–H and O–H groups in total. The number of morpholine rings is 1. The summed E-state index contributed by atoms with van der Waals surface area (Å²) >= 11 is 12.2. The van der Waals surface area contributed by atoms with Crippen LogP contribution in [0.1, 0.15) is 43.0 Å². The molecule has 164 valence electrons. The van der Waals surface area contributed by atoms with Crippen molar-refractivity contribution in [1.29, 1.82) is 0 Å². The zero-order valence-corrected chi connectivity index (χ0v) is 18.7. The van der Waals surface area contributed by atoms with Gasteiger partial charge in [0.25, 0.3) is 0 Å². The molecule has 1 aliphatic heterocycles. The number of aliphatic carboxylic acids is 1. The summed E-state index contributed by atoms with van der Waals surface area (Å²) in [7, 11) is 0. The average Bonchev–Trinajstić information content (AvgIpc) is 3.55. The van der Waals surface area contributed by atoms with Crippen LogP contribution in [0.3, 0.4) is 0 Å². The number of benzene rings is 2. The van der Waals surface area contributed by atoms with Gasteiger partial charge in [-0.05, 0) is 61.1 Å². The molecule has 1 heterocycles. The van der Waals surface area contributed by atoms with Crippen LogP contribution in [0, 0.1) is 5.92 Å². The third-order valence-corrected chi connectivity index (χ3v) is 5.76. The summed E-state index contributed by atoms with van der Waals surface area (Å²) in [6, 6.07) is 12.9. The lowest BCUT2D eigenvalue weighted by Crippen LogP contribution is -2.54. The third-order valence-electron chi connectivity index (χ3n) is 5.27. The molecule has 4 rings (SSSR count). The minimum atomic E-state index is -0.985. The molecular formula is C24H25Cl2NO4. The second kappa shape index (κ2) is 10.3. The van der Waals surface area contributed by atoms with E-state index in [-0.39, 0.29) is 18.4 Å². The Kier molecular flexibility index (Phi) is 7.76. The van der Waals surface area contributed by atoms with Crippen LogP contribution in [-0.2, 0) is 14.3 Å². The van der Waals surface area contributed by atoms with Crippen molar-refractivity contribution < 1.29 is 19.4 Å². The Hall–Kier alpha value is -2.34. The van der Waals surface area contributed by atoms with Gasteiger partial charge in [0.1, 0.15) is 18.8 Å². The zero-order chi connectivity index (χ0) is 22.5. The Labute approximate surface area is 192 Å². The van der Waals surface area contributed by atoms with E-state index in [1.807, 2.05) is 31.2 Å². The van der Waals surface area contributed by atoms with Crippen LogP contribution in [0.25, 0.3) is 0 Å². The molecule has 2 aromatic rings. The first-order valence-corrected chi connectivity index (χ1v) is 10.9. The van der Waals surface area contributed by atoms with Gasteiger partial charge in [-0.2, -0.15) is 0 Å². The lowest BCUT2D eigenvalue weighted by molar-refractivity contribution is -0.172. The summed E-state index contributed by atoms with van der Waals surface area (Å²) in [4.78, 5) is 26.4. The van der Waals surface area contributed by atoms with E-state index in [0.717, 1.165) is 24.0 Å². The maximum atomic E-state index is 12.9. The van der Waals surface area contributed by atoms with Crippen molar-refractivity contribution in [3.05, 3.63) is 82.4 Å². The molecule has 3 unspecified atom stereocenters. The minimum absolute atomic E-state index is 0.0330. The fourth-order valence-electron chi connectivity index (χ4n) is 3.87. The highest BCUT2D eigenvalue weighted by Crippen LogP contribution is 2.46. The van der Waals surface area contributed by atoms with Gasteiger partial charge in [0.15, 0.2) is 0 Å². The Morgan fingerprint density at radius 2 is 1.81 bits per heavy atom. The molecule has 1 saturated carbocycles. The van der Waals surface area contributed by atoms with Gasteiger partial charge in [-0.15, -0.1) is 6.58 Å². The van der Waals surface area contributed by atoms with Crippen molar-refractivity contribution in [3.63, 3.8) is 0 Å². The van der Waals surface area contributed by atoms with E-state index in [1.54, 1.807) is 30.3 Å². The number of hydrogen-bond donors (Lipinski definition) is 1. The van der Waals surface area contributed by atoms with Crippen LogP contribution in [0.15, 0.2) is 61.2 Å². The first-order chi connectivity index (χ1) is 14.9. The lowest BCUT2D eigenvalue weighted by atomic mass is 9.90. The topological polar surface area (TPSA) is 66.8 Å². The molecule has 1 aliphatic carbocycles. The van der Waals surface area contributed by atoms with Gasteiger partial charge in [-0.25, -0.2) is 4.79 Å². The first kappa shape index (κ1) is 23.3. The van der Waals surface area contributed by atoms with Crippen molar-refractivity contribution in [3.8, 4) is 0 Å². The van der Waals surface area contributed by atoms with Gasteiger partial charge in [0.05, 0.1) is 6.04 Å². The molecule has 5 nitrogen and oxygen atoms in total. The molecular weight excluding hydrogens is 437 g/mol. The van der Waals surface area contributed by atoms with Crippen molar-refractivity contribution in [2.45, 2.75) is 38.0 Å². The summed E-state index contributed by atoms with van der Waals surface area (Å²) in [5.74, 6) is -1.34. The van der Waals surface area contributed by atoms with E-state index in [2.05, 4.69) is 6.58 Å². The highest BCUT2D eigenvalue weighted by Gasteiger charge is 2.49. The standard InChI is InChI=1S/C21H19Cl2NO4.C3H6/c22-15-8-6-12(7-9-15)18-20(14-2-1-3-16(23)10-14)28-11-17(25)24(18)19(21(26)27)13-4-5-13;1-3-2/h1-3,6-10,13,18-20H,4-5,11H2,(H,26,27);3H,1H2,2H3. The normalized spacial score (nSPS) is 21.6. The Bertz CT molecular complexity index is 943. The molecule has 0 aromatic heterocycles. The van der Waals surface area contributed by atoms with Gasteiger partial charge in [-0.1, -0.05) is 53.5 Å². The van der Waals surface area contributed by atoms with Crippen LogP contribution >= 0.6 is 23.2 Å². The third kappa shape index (κ3) is 5.48. The number of carboxylic acid groups (broad SMARTS) is 1. The monoisotopic (exact) mass is 461 g/mol. The summed E-state index contributed by atoms with van der Waals surface area (Å²) in [6.07, 6.45) is 2.83. The molecule has 2 aliphatic rings. The van der Waals surface area contributed by atoms with E-state index in [1.165, 1.54) is 4.90 Å². The minimum Gasteiger partial charge on any atom is -0.480 e. The quantitative estimate of drug-likeness (QED) is 0.580. The maximum Gasteiger partial charge on any atom is 0.326 e. The summed E-state index contributed by atoms with van der Waals surface area (Å²) in [6.45, 7) is 5.08. The number of halogens is 2. The highest BCUT2D eigenvalue weighted by molar-refractivity contribution is 6.30. The fraction of sp³-hybridized carbons (Fsp3) is 0.333. The van der Waals surface area contributed by atoms with E-state index in [0.29, 0.717) is 10.0 Å². The number of hydrogen-bond acceptors (Lipinski definition) is 3. The summed E-state index contributed by atoms with van der Waals surface area (Å²) < 4.78 is 5.91. The average molecular weight is 462 g/mol. The Morgan fingerprint density at radius 1 is 1.16 bits per heavy atom. The number of carbonyl (C=O) groups excluding carboxylic acids is 1. The summed E-state index contributed by atoms with van der Waals surface area (Å²) in [5.41, 5.74) is 1.57. The number of amides is 1. The molecule has 7 heteroatoms. The smallest absolute Gasteiger partial charge is 0.326 e. The number of nitrogens with zero attached hydrogens (tertiary/aromatic N) is 1. The molecule has 31 heavy (non-hydrogen) atoms. The Balaban J connectivity index is 0.000000858. The van der Waals surface area contributed by atoms with Gasteiger partial charge in [0.2, 0.25) is 5.91 Å². The largest absolute Gasteiger partial charge is 0.480 e. The van der Waals surface area contributed by atoms with E-state index in [4.69, 9.17) is 27.9 Å². The van der Waals surface area contributed by atoms with Crippen LogP contribution in [0.2, 0.25) is 10.0 Å².